The van der Waals surface area contributed by atoms with Crippen molar-refractivity contribution >= 4 is 23.4 Å². The van der Waals surface area contributed by atoms with E-state index in [1.165, 1.54) is 5.56 Å². The van der Waals surface area contributed by atoms with Gasteiger partial charge in [-0.1, -0.05) is 12.1 Å². The van der Waals surface area contributed by atoms with E-state index in [4.69, 9.17) is 15.6 Å². The summed E-state index contributed by atoms with van der Waals surface area (Å²) in [4.78, 5) is 34.0. The Kier molecular flexibility index (Phi) is 5.57. The first-order chi connectivity index (χ1) is 14.4. The van der Waals surface area contributed by atoms with Gasteiger partial charge in [0, 0.05) is 12.1 Å². The largest absolute Gasteiger partial charge is 0.481 e. The summed E-state index contributed by atoms with van der Waals surface area (Å²) in [6.07, 6.45) is 4.13. The number of aliphatic carboxylic acids is 1. The molecule has 0 bridgehead atoms. The third-order valence-corrected chi connectivity index (χ3v) is 6.01. The number of carboxylic acid groups (broad SMARTS) is 1. The molecule has 3 N–H and O–H groups in total. The zero-order chi connectivity index (χ0) is 21.3. The first-order valence-corrected chi connectivity index (χ1v) is 10.3. The second kappa shape index (κ2) is 8.30. The molecule has 1 amide bonds. The van der Waals surface area contributed by atoms with Crippen LogP contribution in [-0.4, -0.2) is 40.1 Å². The Morgan fingerprint density at radius 3 is 2.57 bits per heavy atom. The van der Waals surface area contributed by atoms with Crippen LogP contribution in [0, 0.1) is 12.8 Å². The van der Waals surface area contributed by atoms with E-state index in [1.54, 1.807) is 11.8 Å². The lowest BCUT2D eigenvalue weighted by molar-refractivity contribution is -0.138. The van der Waals surface area contributed by atoms with E-state index in [2.05, 4.69) is 22.1 Å². The van der Waals surface area contributed by atoms with Crippen molar-refractivity contribution in [2.75, 3.05) is 23.8 Å². The van der Waals surface area contributed by atoms with Gasteiger partial charge in [-0.25, -0.2) is 4.98 Å². The smallest absolute Gasteiger partial charge is 0.303 e. The molecule has 1 aromatic heterocycles. The van der Waals surface area contributed by atoms with Crippen LogP contribution >= 0.6 is 0 Å². The summed E-state index contributed by atoms with van der Waals surface area (Å²) < 4.78 is 5.65. The molecule has 2 heterocycles. The first-order valence-electron chi connectivity index (χ1n) is 10.3. The van der Waals surface area contributed by atoms with Crippen LogP contribution < -0.4 is 15.4 Å². The Morgan fingerprint density at radius 2 is 1.90 bits per heavy atom. The maximum Gasteiger partial charge on any atom is 0.303 e. The lowest BCUT2D eigenvalue weighted by atomic mass is 9.77. The molecule has 0 radical (unpaired) electrons. The summed E-state index contributed by atoms with van der Waals surface area (Å²) in [6, 6.07) is 8.03. The van der Waals surface area contributed by atoms with Gasteiger partial charge >= 0.3 is 5.97 Å². The number of aryl methyl sites for hydroxylation is 1. The number of benzene rings is 1. The molecule has 1 saturated carbocycles. The minimum absolute atomic E-state index is 0.129. The average molecular weight is 410 g/mol. The van der Waals surface area contributed by atoms with Gasteiger partial charge in [-0.15, -0.1) is 0 Å². The van der Waals surface area contributed by atoms with E-state index in [0.29, 0.717) is 24.9 Å². The van der Waals surface area contributed by atoms with Gasteiger partial charge < -0.3 is 20.5 Å². The fourth-order valence-electron chi connectivity index (χ4n) is 4.46. The van der Waals surface area contributed by atoms with Crippen molar-refractivity contribution in [1.29, 1.82) is 0 Å². The molecule has 8 nitrogen and oxygen atoms in total. The molecule has 1 aliphatic heterocycles. The Labute approximate surface area is 175 Å². The standard InChI is InChI=1S/C22H26N4O4/c1-13-24-20(23)19-21(25-13)30-11-10-26(22(19)29)17-8-6-16(7-9-17)15-4-2-14(3-5-15)12-18(27)28/h6-9,14-15H,2-5,10-12H2,1H3,(H,27,28)(H2,23,24,25)/t14-,15-. The van der Waals surface area contributed by atoms with Crippen LogP contribution in [0.1, 0.15) is 59.8 Å². The lowest BCUT2D eigenvalue weighted by Gasteiger charge is -2.28. The highest BCUT2D eigenvalue weighted by Gasteiger charge is 2.30. The normalized spacial score (nSPS) is 21.5. The molecule has 30 heavy (non-hydrogen) atoms. The van der Waals surface area contributed by atoms with Crippen molar-refractivity contribution < 1.29 is 19.4 Å². The average Bonchev–Trinajstić information content (AvgIpc) is 2.87. The van der Waals surface area contributed by atoms with Gasteiger partial charge in [-0.05, 0) is 62.1 Å². The summed E-state index contributed by atoms with van der Waals surface area (Å²) >= 11 is 0. The van der Waals surface area contributed by atoms with Crippen molar-refractivity contribution in [3.05, 3.63) is 41.2 Å². The number of rotatable bonds is 4. The number of fused-ring (bicyclic) bond motifs is 1. The van der Waals surface area contributed by atoms with E-state index >= 15 is 0 Å². The van der Waals surface area contributed by atoms with Crippen LogP contribution in [0.5, 0.6) is 5.88 Å². The zero-order valence-corrected chi connectivity index (χ0v) is 17.0. The molecular formula is C22H26N4O4. The number of anilines is 2. The van der Waals surface area contributed by atoms with E-state index in [9.17, 15) is 9.59 Å². The molecule has 0 saturated heterocycles. The topological polar surface area (TPSA) is 119 Å². The molecule has 0 spiro atoms. The Bertz CT molecular complexity index is 952. The lowest BCUT2D eigenvalue weighted by Crippen LogP contribution is -2.32. The summed E-state index contributed by atoms with van der Waals surface area (Å²) in [5.41, 5.74) is 8.20. The molecule has 2 aliphatic rings. The van der Waals surface area contributed by atoms with Crippen LogP contribution in [0.4, 0.5) is 11.5 Å². The Balaban J connectivity index is 1.49. The minimum Gasteiger partial charge on any atom is -0.481 e. The highest BCUT2D eigenvalue weighted by atomic mass is 16.5. The molecule has 1 aliphatic carbocycles. The molecule has 0 atom stereocenters. The minimum atomic E-state index is -0.711. The molecule has 1 aromatic carbocycles. The third-order valence-electron chi connectivity index (χ3n) is 6.01. The van der Waals surface area contributed by atoms with Crippen molar-refractivity contribution in [1.82, 2.24) is 9.97 Å². The summed E-state index contributed by atoms with van der Waals surface area (Å²) in [5.74, 6) is 0.573. The number of nitrogens with zero attached hydrogens (tertiary/aromatic N) is 3. The third kappa shape index (κ3) is 4.08. The van der Waals surface area contributed by atoms with Gasteiger partial charge in [0.2, 0.25) is 5.88 Å². The maximum absolute atomic E-state index is 13.1. The van der Waals surface area contributed by atoms with Gasteiger partial charge in [-0.3, -0.25) is 9.59 Å². The number of hydrogen-bond acceptors (Lipinski definition) is 6. The van der Waals surface area contributed by atoms with Crippen LogP contribution in [0.2, 0.25) is 0 Å². The number of carbonyl (C=O) groups is 2. The summed E-state index contributed by atoms with van der Waals surface area (Å²) in [5, 5.41) is 8.98. The van der Waals surface area contributed by atoms with Gasteiger partial charge in [0.25, 0.3) is 5.91 Å². The molecule has 2 aromatic rings. The van der Waals surface area contributed by atoms with Crippen molar-refractivity contribution in [2.45, 2.75) is 44.9 Å². The summed E-state index contributed by atoms with van der Waals surface area (Å²) in [7, 11) is 0. The molecule has 0 unspecified atom stereocenters. The fraction of sp³-hybridized carbons (Fsp3) is 0.455. The fourth-order valence-corrected chi connectivity index (χ4v) is 4.46. The Morgan fingerprint density at radius 1 is 1.20 bits per heavy atom. The highest BCUT2D eigenvalue weighted by Crippen LogP contribution is 2.38. The van der Waals surface area contributed by atoms with E-state index in [-0.39, 0.29) is 35.5 Å². The predicted octanol–water partition coefficient (Wildman–Crippen LogP) is 3.15. The van der Waals surface area contributed by atoms with E-state index < -0.39 is 5.97 Å². The zero-order valence-electron chi connectivity index (χ0n) is 17.0. The second-order valence-electron chi connectivity index (χ2n) is 8.05. The molecule has 1 fully saturated rings. The number of amides is 1. The molecular weight excluding hydrogens is 384 g/mol. The number of hydrogen-bond donors (Lipinski definition) is 2. The van der Waals surface area contributed by atoms with Crippen LogP contribution in [0.15, 0.2) is 24.3 Å². The quantitative estimate of drug-likeness (QED) is 0.795. The molecule has 158 valence electrons. The number of nitrogens with two attached hydrogens (primary N) is 1. The highest BCUT2D eigenvalue weighted by molar-refractivity contribution is 6.10. The van der Waals surface area contributed by atoms with Crippen LogP contribution in [-0.2, 0) is 4.79 Å². The van der Waals surface area contributed by atoms with Crippen molar-refractivity contribution in [3.8, 4) is 5.88 Å². The van der Waals surface area contributed by atoms with Gasteiger partial charge in [-0.2, -0.15) is 4.98 Å². The van der Waals surface area contributed by atoms with E-state index in [0.717, 1.165) is 31.4 Å². The number of carbonyl (C=O) groups excluding carboxylic acids is 1. The Hall–Kier alpha value is -3.16. The number of aromatic nitrogens is 2. The van der Waals surface area contributed by atoms with Gasteiger partial charge in [0.05, 0.1) is 6.54 Å². The molecule has 4 rings (SSSR count). The predicted molar refractivity (Wildman–Crippen MR) is 112 cm³/mol. The van der Waals surface area contributed by atoms with Crippen molar-refractivity contribution in [3.63, 3.8) is 0 Å². The number of ether oxygens (including phenoxy) is 1. The first kappa shape index (κ1) is 20.1. The van der Waals surface area contributed by atoms with Gasteiger partial charge in [0.15, 0.2) is 0 Å². The molecule has 8 heteroatoms. The maximum atomic E-state index is 13.1. The van der Waals surface area contributed by atoms with Crippen LogP contribution in [0.25, 0.3) is 0 Å². The SMILES string of the molecule is Cc1nc(N)c2c(n1)OCCN(c1ccc([C@H]3CC[C@H](CC(=O)O)CC3)cc1)C2=O. The summed E-state index contributed by atoms with van der Waals surface area (Å²) in [6.45, 7) is 2.43. The van der Waals surface area contributed by atoms with Crippen LogP contribution in [0.3, 0.4) is 0 Å². The van der Waals surface area contributed by atoms with E-state index in [1.807, 2.05) is 12.1 Å². The number of nitrogen functional groups attached to an aromatic ring is 1. The van der Waals surface area contributed by atoms with Crippen molar-refractivity contribution in [2.24, 2.45) is 5.92 Å². The monoisotopic (exact) mass is 410 g/mol. The number of carboxylic acids is 1. The second-order valence-corrected chi connectivity index (χ2v) is 8.05. The van der Waals surface area contributed by atoms with Gasteiger partial charge in [0.1, 0.15) is 23.8 Å².